The number of likely N-dealkylation sites (tertiary alicyclic amines) is 1. The van der Waals surface area contributed by atoms with Crippen LogP contribution in [0.4, 0.5) is 0 Å². The molecule has 2 N–H and O–H groups in total. The third-order valence-corrected chi connectivity index (χ3v) is 5.46. The smallest absolute Gasteiger partial charge is 0.261 e. The van der Waals surface area contributed by atoms with Crippen LogP contribution in [0, 0.1) is 0 Å². The third-order valence-electron chi connectivity index (χ3n) is 5.46. The average molecular weight is 410 g/mol. The van der Waals surface area contributed by atoms with Gasteiger partial charge in [0.15, 0.2) is 18.1 Å². The Morgan fingerprint density at radius 1 is 1.07 bits per heavy atom. The van der Waals surface area contributed by atoms with Crippen LogP contribution in [0.3, 0.4) is 0 Å². The highest BCUT2D eigenvalue weighted by atomic mass is 16.7. The standard InChI is InChI=1S/C23H27N3O4/c1-17(20-8-9-21-22(12-20)29-16-28-21)25-30-15-23(27)24-13-18-4-6-19(7-5-18)14-26-10-2-3-11-26/h4-9,12H,2-3,10-11,13-16H2,1H3,(H,24,27)/p+1/b25-17-. The molecule has 1 saturated heterocycles. The maximum atomic E-state index is 12.0. The zero-order chi connectivity index (χ0) is 20.8. The number of fused-ring (bicyclic) bond motifs is 1. The Balaban J connectivity index is 1.19. The van der Waals surface area contributed by atoms with Crippen LogP contribution >= 0.6 is 0 Å². The number of rotatable bonds is 8. The normalized spacial score (nSPS) is 16.0. The van der Waals surface area contributed by atoms with Crippen molar-refractivity contribution in [2.24, 2.45) is 5.16 Å². The first-order valence-corrected chi connectivity index (χ1v) is 10.4. The van der Waals surface area contributed by atoms with Crippen molar-refractivity contribution in [3.05, 3.63) is 59.2 Å². The maximum Gasteiger partial charge on any atom is 0.261 e. The first kappa shape index (κ1) is 20.2. The fourth-order valence-electron chi connectivity index (χ4n) is 3.73. The Labute approximate surface area is 176 Å². The minimum Gasteiger partial charge on any atom is -0.454 e. The highest BCUT2D eigenvalue weighted by Crippen LogP contribution is 2.32. The van der Waals surface area contributed by atoms with Crippen molar-refractivity contribution in [1.82, 2.24) is 5.32 Å². The van der Waals surface area contributed by atoms with E-state index >= 15 is 0 Å². The van der Waals surface area contributed by atoms with Gasteiger partial charge in [-0.1, -0.05) is 29.4 Å². The molecule has 0 unspecified atom stereocenters. The van der Waals surface area contributed by atoms with E-state index in [4.69, 9.17) is 14.3 Å². The minimum atomic E-state index is -0.206. The number of ether oxygens (including phenoxy) is 2. The molecule has 0 atom stereocenters. The molecule has 0 radical (unpaired) electrons. The summed E-state index contributed by atoms with van der Waals surface area (Å²) in [6.45, 7) is 6.03. The number of carbonyl (C=O) groups excluding carboxylic acids is 1. The average Bonchev–Trinajstić information content (AvgIpc) is 3.44. The number of quaternary nitrogens is 1. The van der Waals surface area contributed by atoms with E-state index in [9.17, 15) is 4.79 Å². The summed E-state index contributed by atoms with van der Waals surface area (Å²) in [5, 5.41) is 6.90. The molecule has 0 saturated carbocycles. The van der Waals surface area contributed by atoms with E-state index in [2.05, 4.69) is 34.7 Å². The van der Waals surface area contributed by atoms with E-state index in [0.29, 0.717) is 18.0 Å². The topological polar surface area (TPSA) is 73.6 Å². The van der Waals surface area contributed by atoms with Gasteiger partial charge in [0.05, 0.1) is 18.8 Å². The number of nitrogens with zero attached hydrogens (tertiary/aromatic N) is 1. The van der Waals surface area contributed by atoms with Gasteiger partial charge in [-0.3, -0.25) is 4.79 Å². The summed E-state index contributed by atoms with van der Waals surface area (Å²) in [4.78, 5) is 18.9. The molecule has 2 heterocycles. The van der Waals surface area contributed by atoms with Crippen LogP contribution in [0.25, 0.3) is 0 Å². The van der Waals surface area contributed by atoms with Crippen LogP contribution in [0.1, 0.15) is 36.5 Å². The molecule has 4 rings (SSSR count). The van der Waals surface area contributed by atoms with E-state index in [1.165, 1.54) is 31.5 Å². The second-order valence-corrected chi connectivity index (χ2v) is 7.75. The lowest BCUT2D eigenvalue weighted by molar-refractivity contribution is -0.901. The molecule has 0 spiro atoms. The highest BCUT2D eigenvalue weighted by Gasteiger charge is 2.16. The molecular formula is C23H28N3O4+. The first-order valence-electron chi connectivity index (χ1n) is 10.4. The molecule has 158 valence electrons. The Kier molecular flexibility index (Phi) is 6.49. The Morgan fingerprint density at radius 3 is 2.60 bits per heavy atom. The maximum absolute atomic E-state index is 12.0. The quantitative estimate of drug-likeness (QED) is 0.513. The molecule has 0 bridgehead atoms. The fourth-order valence-corrected chi connectivity index (χ4v) is 3.73. The second kappa shape index (κ2) is 9.63. The molecule has 0 aromatic heterocycles. The van der Waals surface area contributed by atoms with Crippen LogP contribution < -0.4 is 19.7 Å². The van der Waals surface area contributed by atoms with Crippen molar-refractivity contribution in [1.29, 1.82) is 0 Å². The highest BCUT2D eigenvalue weighted by molar-refractivity contribution is 5.99. The predicted molar refractivity (Wildman–Crippen MR) is 113 cm³/mol. The fraction of sp³-hybridized carbons (Fsp3) is 0.391. The van der Waals surface area contributed by atoms with Crippen LogP contribution in [-0.2, 0) is 22.7 Å². The van der Waals surface area contributed by atoms with Gasteiger partial charge in [0.1, 0.15) is 6.54 Å². The number of hydrogen-bond donors (Lipinski definition) is 2. The molecule has 0 aliphatic carbocycles. The number of hydrogen-bond acceptors (Lipinski definition) is 5. The third kappa shape index (κ3) is 5.30. The van der Waals surface area contributed by atoms with E-state index in [1.807, 2.05) is 25.1 Å². The number of amides is 1. The zero-order valence-corrected chi connectivity index (χ0v) is 17.3. The Bertz CT molecular complexity index is 905. The van der Waals surface area contributed by atoms with Crippen molar-refractivity contribution in [2.45, 2.75) is 32.9 Å². The van der Waals surface area contributed by atoms with Gasteiger partial charge in [-0.05, 0) is 30.7 Å². The summed E-state index contributed by atoms with van der Waals surface area (Å²) in [6, 6.07) is 14.0. The second-order valence-electron chi connectivity index (χ2n) is 7.75. The number of nitrogens with one attached hydrogen (secondary N) is 2. The van der Waals surface area contributed by atoms with Crippen LogP contribution in [0.5, 0.6) is 11.5 Å². The summed E-state index contributed by atoms with van der Waals surface area (Å²) >= 11 is 0. The van der Waals surface area contributed by atoms with Gasteiger partial charge in [0.2, 0.25) is 6.79 Å². The van der Waals surface area contributed by atoms with Crippen molar-refractivity contribution >= 4 is 11.6 Å². The molecule has 7 heteroatoms. The van der Waals surface area contributed by atoms with Crippen molar-refractivity contribution in [3.63, 3.8) is 0 Å². The molecule has 2 aromatic carbocycles. The van der Waals surface area contributed by atoms with E-state index in [0.717, 1.165) is 23.4 Å². The zero-order valence-electron chi connectivity index (χ0n) is 17.3. The summed E-state index contributed by atoms with van der Waals surface area (Å²) in [5.74, 6) is 1.20. The summed E-state index contributed by atoms with van der Waals surface area (Å²) < 4.78 is 10.7. The number of carbonyl (C=O) groups is 1. The molecular weight excluding hydrogens is 382 g/mol. The summed E-state index contributed by atoms with van der Waals surface area (Å²) in [7, 11) is 0. The van der Waals surface area contributed by atoms with Crippen LogP contribution in [0.15, 0.2) is 47.6 Å². The summed E-state index contributed by atoms with van der Waals surface area (Å²) in [5.41, 5.74) is 3.94. The van der Waals surface area contributed by atoms with Crippen molar-refractivity contribution < 1.29 is 24.0 Å². The molecule has 2 aliphatic heterocycles. The Morgan fingerprint density at radius 2 is 1.80 bits per heavy atom. The van der Waals surface area contributed by atoms with E-state index < -0.39 is 0 Å². The lowest BCUT2D eigenvalue weighted by Crippen LogP contribution is -3.08. The van der Waals surface area contributed by atoms with E-state index in [-0.39, 0.29) is 19.3 Å². The van der Waals surface area contributed by atoms with Crippen molar-refractivity contribution in [3.8, 4) is 11.5 Å². The van der Waals surface area contributed by atoms with Gasteiger partial charge in [0.25, 0.3) is 5.91 Å². The van der Waals surface area contributed by atoms with Crippen molar-refractivity contribution in [2.75, 3.05) is 26.5 Å². The van der Waals surface area contributed by atoms with Gasteiger partial charge in [-0.15, -0.1) is 0 Å². The van der Waals surface area contributed by atoms with Gasteiger partial charge in [0, 0.05) is 30.5 Å². The van der Waals surface area contributed by atoms with Gasteiger partial charge < -0.3 is 24.5 Å². The number of benzene rings is 2. The lowest BCUT2D eigenvalue weighted by Gasteiger charge is -2.12. The molecule has 1 amide bonds. The van der Waals surface area contributed by atoms with E-state index in [1.54, 1.807) is 4.90 Å². The van der Waals surface area contributed by atoms with Crippen LogP contribution in [0.2, 0.25) is 0 Å². The SMILES string of the molecule is C/C(=N/OCC(=O)NCc1ccc(C[NH+]2CCCC2)cc1)c1ccc2c(c1)OCO2. The van der Waals surface area contributed by atoms with Gasteiger partial charge in [-0.25, -0.2) is 0 Å². The van der Waals surface area contributed by atoms with Gasteiger partial charge in [-0.2, -0.15) is 0 Å². The Hall–Kier alpha value is -3.06. The minimum absolute atomic E-state index is 0.127. The van der Waals surface area contributed by atoms with Crippen LogP contribution in [-0.4, -0.2) is 38.1 Å². The first-order chi connectivity index (χ1) is 14.7. The molecule has 30 heavy (non-hydrogen) atoms. The predicted octanol–water partition coefficient (Wildman–Crippen LogP) is 1.65. The van der Waals surface area contributed by atoms with Gasteiger partial charge >= 0.3 is 0 Å². The molecule has 7 nitrogen and oxygen atoms in total. The monoisotopic (exact) mass is 410 g/mol. The molecule has 1 fully saturated rings. The largest absolute Gasteiger partial charge is 0.454 e. The lowest BCUT2D eigenvalue weighted by atomic mass is 10.1. The molecule has 2 aliphatic rings. The molecule has 2 aromatic rings. The number of oxime groups is 1. The summed E-state index contributed by atoms with van der Waals surface area (Å²) in [6.07, 6.45) is 2.67.